The number of nitrogens with one attached hydrogen (secondary N) is 1. The number of hydrogen-bond donors (Lipinski definition) is 1. The molecule has 3 aromatic rings. The maximum Gasteiger partial charge on any atom is 0.264 e. The van der Waals surface area contributed by atoms with Gasteiger partial charge in [0.25, 0.3) is 15.9 Å². The van der Waals surface area contributed by atoms with Gasteiger partial charge in [-0.1, -0.05) is 62.4 Å². The van der Waals surface area contributed by atoms with Gasteiger partial charge in [0, 0.05) is 12.7 Å². The van der Waals surface area contributed by atoms with E-state index in [0.29, 0.717) is 5.69 Å². The highest BCUT2D eigenvalue weighted by Gasteiger charge is 2.25. The second-order valence-corrected chi connectivity index (χ2v) is 9.42. The third-order valence-electron chi connectivity index (χ3n) is 5.06. The second-order valence-electron chi connectivity index (χ2n) is 7.45. The molecule has 0 aliphatic heterocycles. The van der Waals surface area contributed by atoms with Crippen LogP contribution in [0.25, 0.3) is 0 Å². The van der Waals surface area contributed by atoms with Crippen LogP contribution in [0.5, 0.6) is 0 Å². The largest absolute Gasteiger partial charge is 0.321 e. The number of sulfonamides is 1. The summed E-state index contributed by atoms with van der Waals surface area (Å²) in [6, 6.07) is 20.8. The molecule has 3 aromatic carbocycles. The minimum atomic E-state index is -3.80. The zero-order valence-corrected chi connectivity index (χ0v) is 18.4. The molecule has 30 heavy (non-hydrogen) atoms. The smallest absolute Gasteiger partial charge is 0.264 e. The molecule has 0 atom stereocenters. The lowest BCUT2D eigenvalue weighted by molar-refractivity contribution is 0.102. The number of nitrogens with zero attached hydrogens (tertiary/aromatic N) is 1. The van der Waals surface area contributed by atoms with Crippen molar-refractivity contribution in [2.45, 2.75) is 31.6 Å². The third kappa shape index (κ3) is 4.24. The molecule has 5 nitrogen and oxygen atoms in total. The lowest BCUT2D eigenvalue weighted by Gasteiger charge is -2.23. The Morgan fingerprint density at radius 2 is 1.53 bits per heavy atom. The molecular formula is C24H26N2O3S. The van der Waals surface area contributed by atoms with Crippen LogP contribution >= 0.6 is 0 Å². The Bertz CT molecular complexity index is 1160. The summed E-state index contributed by atoms with van der Waals surface area (Å²) < 4.78 is 27.3. The van der Waals surface area contributed by atoms with Gasteiger partial charge >= 0.3 is 0 Å². The molecule has 0 unspecified atom stereocenters. The highest BCUT2D eigenvalue weighted by atomic mass is 32.2. The van der Waals surface area contributed by atoms with E-state index in [1.165, 1.54) is 19.2 Å². The van der Waals surface area contributed by atoms with Gasteiger partial charge in [-0.3, -0.25) is 9.10 Å². The topological polar surface area (TPSA) is 66.5 Å². The first-order valence-electron chi connectivity index (χ1n) is 9.77. The van der Waals surface area contributed by atoms with Crippen LogP contribution < -0.4 is 9.62 Å². The first kappa shape index (κ1) is 21.6. The van der Waals surface area contributed by atoms with E-state index < -0.39 is 10.0 Å². The summed E-state index contributed by atoms with van der Waals surface area (Å²) in [4.78, 5) is 13.4. The number of benzene rings is 3. The van der Waals surface area contributed by atoms with Crippen LogP contribution in [0.15, 0.2) is 77.7 Å². The van der Waals surface area contributed by atoms with Crippen LogP contribution in [0.2, 0.25) is 0 Å². The lowest BCUT2D eigenvalue weighted by Crippen LogP contribution is -2.29. The average Bonchev–Trinajstić information content (AvgIpc) is 2.75. The molecular weight excluding hydrogens is 396 g/mol. The molecule has 0 aromatic heterocycles. The van der Waals surface area contributed by atoms with Crippen LogP contribution in [-0.4, -0.2) is 21.4 Å². The molecule has 156 valence electrons. The van der Waals surface area contributed by atoms with Gasteiger partial charge in [0.15, 0.2) is 0 Å². The van der Waals surface area contributed by atoms with Crippen molar-refractivity contribution in [3.63, 3.8) is 0 Å². The summed E-state index contributed by atoms with van der Waals surface area (Å²) in [5.41, 5.74) is 3.36. The van der Waals surface area contributed by atoms with Crippen molar-refractivity contribution in [1.29, 1.82) is 0 Å². The fraction of sp³-hybridized carbons (Fsp3) is 0.208. The molecule has 0 saturated carbocycles. The maximum absolute atomic E-state index is 13.2. The SMILES string of the molecule is Cc1cccc(C(C)C)c1NC(=O)c1ccccc1N(C)S(=O)(=O)c1ccccc1. The molecule has 3 rings (SSSR count). The monoisotopic (exact) mass is 422 g/mol. The Morgan fingerprint density at radius 1 is 0.900 bits per heavy atom. The van der Waals surface area contributed by atoms with Gasteiger partial charge in [-0.2, -0.15) is 0 Å². The van der Waals surface area contributed by atoms with Crippen LogP contribution in [0, 0.1) is 6.92 Å². The Hall–Kier alpha value is -3.12. The Labute approximate surface area is 178 Å². The first-order chi connectivity index (χ1) is 14.2. The number of carbonyl (C=O) groups is 1. The Morgan fingerprint density at radius 3 is 2.20 bits per heavy atom. The molecule has 0 spiro atoms. The lowest BCUT2D eigenvalue weighted by atomic mass is 9.98. The van der Waals surface area contributed by atoms with Crippen LogP contribution in [-0.2, 0) is 10.0 Å². The summed E-state index contributed by atoms with van der Waals surface area (Å²) in [7, 11) is -2.34. The minimum absolute atomic E-state index is 0.170. The van der Waals surface area contributed by atoms with Gasteiger partial charge in [-0.25, -0.2) is 8.42 Å². The van der Waals surface area contributed by atoms with Gasteiger partial charge in [0.2, 0.25) is 0 Å². The van der Waals surface area contributed by atoms with E-state index in [1.54, 1.807) is 42.5 Å². The predicted octanol–water partition coefficient (Wildman–Crippen LogP) is 5.20. The highest BCUT2D eigenvalue weighted by Crippen LogP contribution is 2.30. The van der Waals surface area contributed by atoms with E-state index in [1.807, 2.05) is 25.1 Å². The molecule has 0 bridgehead atoms. The van der Waals surface area contributed by atoms with Gasteiger partial charge < -0.3 is 5.32 Å². The summed E-state index contributed by atoms with van der Waals surface area (Å²) in [5, 5.41) is 3.00. The number of para-hydroxylation sites is 2. The molecule has 0 heterocycles. The van der Waals surface area contributed by atoms with Crippen LogP contribution in [0.3, 0.4) is 0 Å². The van der Waals surface area contributed by atoms with Crippen LogP contribution in [0.1, 0.15) is 41.3 Å². The summed E-state index contributed by atoms with van der Waals surface area (Å²) in [6.45, 7) is 6.08. The van der Waals surface area contributed by atoms with Crippen molar-refractivity contribution in [2.75, 3.05) is 16.7 Å². The molecule has 1 amide bonds. The van der Waals surface area contributed by atoms with Crippen molar-refractivity contribution < 1.29 is 13.2 Å². The molecule has 1 N–H and O–H groups in total. The summed E-state index contributed by atoms with van der Waals surface area (Å²) in [6.07, 6.45) is 0. The number of aryl methyl sites for hydroxylation is 1. The number of hydrogen-bond acceptors (Lipinski definition) is 3. The van der Waals surface area contributed by atoms with Gasteiger partial charge in [-0.05, 0) is 48.2 Å². The van der Waals surface area contributed by atoms with Crippen molar-refractivity contribution in [1.82, 2.24) is 0 Å². The second kappa shape index (κ2) is 8.71. The van der Waals surface area contributed by atoms with E-state index in [9.17, 15) is 13.2 Å². The molecule has 6 heteroatoms. The maximum atomic E-state index is 13.2. The van der Waals surface area contributed by atoms with E-state index >= 15 is 0 Å². The Kier molecular flexibility index (Phi) is 6.27. The molecule has 0 saturated heterocycles. The van der Waals surface area contributed by atoms with Gasteiger partial charge in [0.05, 0.1) is 16.1 Å². The summed E-state index contributed by atoms with van der Waals surface area (Å²) in [5.74, 6) is -0.117. The van der Waals surface area contributed by atoms with Crippen molar-refractivity contribution >= 4 is 27.3 Å². The van der Waals surface area contributed by atoms with Crippen molar-refractivity contribution in [2.24, 2.45) is 0 Å². The molecule has 0 fully saturated rings. The molecule has 0 radical (unpaired) electrons. The average molecular weight is 423 g/mol. The number of rotatable bonds is 6. The van der Waals surface area contributed by atoms with Gasteiger partial charge in [-0.15, -0.1) is 0 Å². The predicted molar refractivity (Wildman–Crippen MR) is 122 cm³/mol. The van der Waals surface area contributed by atoms with Crippen molar-refractivity contribution in [3.8, 4) is 0 Å². The molecule has 0 aliphatic rings. The van der Waals surface area contributed by atoms with E-state index in [4.69, 9.17) is 0 Å². The van der Waals surface area contributed by atoms with E-state index in [-0.39, 0.29) is 22.3 Å². The van der Waals surface area contributed by atoms with E-state index in [2.05, 4.69) is 19.2 Å². The quantitative estimate of drug-likeness (QED) is 0.594. The first-order valence-corrected chi connectivity index (χ1v) is 11.2. The van der Waals surface area contributed by atoms with Crippen LogP contribution in [0.4, 0.5) is 11.4 Å². The normalized spacial score (nSPS) is 11.4. The number of anilines is 2. The Balaban J connectivity index is 2.00. The third-order valence-corrected chi connectivity index (χ3v) is 6.84. The van der Waals surface area contributed by atoms with Gasteiger partial charge in [0.1, 0.15) is 0 Å². The standard InChI is InChI=1S/C24H26N2O3S/c1-17(2)20-15-10-11-18(3)23(20)25-24(27)21-14-8-9-16-22(21)26(4)30(28,29)19-12-6-5-7-13-19/h5-17H,1-4H3,(H,25,27). The molecule has 0 aliphatic carbocycles. The summed E-state index contributed by atoms with van der Waals surface area (Å²) >= 11 is 0. The number of carbonyl (C=O) groups excluding carboxylic acids is 1. The van der Waals surface area contributed by atoms with Crippen molar-refractivity contribution in [3.05, 3.63) is 89.5 Å². The zero-order valence-electron chi connectivity index (χ0n) is 17.6. The van der Waals surface area contributed by atoms with E-state index in [0.717, 1.165) is 21.1 Å². The minimum Gasteiger partial charge on any atom is -0.321 e. The number of amides is 1. The highest BCUT2D eigenvalue weighted by molar-refractivity contribution is 7.92. The fourth-order valence-corrected chi connectivity index (χ4v) is 4.58. The fourth-order valence-electron chi connectivity index (χ4n) is 3.34. The zero-order chi connectivity index (χ0) is 21.9.